The van der Waals surface area contributed by atoms with Gasteiger partial charge in [0, 0.05) is 0 Å². The smallest absolute Gasteiger partial charge is 0.308 e. The number of carbonyl (C=O) groups excluding carboxylic acids is 1. The zero-order valence-corrected chi connectivity index (χ0v) is 8.17. The van der Waals surface area contributed by atoms with Crippen molar-refractivity contribution in [3.05, 3.63) is 12.7 Å². The van der Waals surface area contributed by atoms with E-state index in [1.807, 2.05) is 26.8 Å². The van der Waals surface area contributed by atoms with Crippen molar-refractivity contribution < 1.29 is 9.53 Å². The number of rotatable bonds is 5. The Morgan fingerprint density at radius 1 is 1.50 bits per heavy atom. The predicted octanol–water partition coefficient (Wildman–Crippen LogP) is 2.40. The number of allylic oxidation sites excluding steroid dienone is 1. The third-order valence-corrected chi connectivity index (χ3v) is 1.55. The Kier molecular flexibility index (Phi) is 5.43. The number of hydrogen-bond donors (Lipinski definition) is 0. The van der Waals surface area contributed by atoms with Crippen LogP contribution >= 0.6 is 0 Å². The monoisotopic (exact) mass is 170 g/mol. The first-order chi connectivity index (χ1) is 5.57. The molecule has 0 spiro atoms. The maximum Gasteiger partial charge on any atom is 0.308 e. The highest BCUT2D eigenvalue weighted by atomic mass is 16.5. The van der Waals surface area contributed by atoms with Crippen LogP contribution in [0.25, 0.3) is 0 Å². The molecule has 70 valence electrons. The molecule has 0 heterocycles. The molecule has 0 saturated heterocycles. The van der Waals surface area contributed by atoms with Crippen LogP contribution in [0.15, 0.2) is 12.7 Å². The van der Waals surface area contributed by atoms with E-state index in [2.05, 4.69) is 6.58 Å². The third kappa shape index (κ3) is 4.94. The molecule has 0 rings (SSSR count). The topological polar surface area (TPSA) is 26.3 Å². The van der Waals surface area contributed by atoms with E-state index in [1.54, 1.807) is 0 Å². The molecule has 0 aromatic carbocycles. The Balaban J connectivity index is 3.53. The summed E-state index contributed by atoms with van der Waals surface area (Å²) in [6.07, 6.45) is 2.74. The van der Waals surface area contributed by atoms with Crippen LogP contribution in [0.1, 0.15) is 27.2 Å². The molecule has 0 bridgehead atoms. The standard InChI is InChI=1S/C10H18O2/c1-5-6-9(4)7-12-10(11)8(2)3/h5,8-9H,1,6-7H2,2-4H3/t9-/m1/s1. The van der Waals surface area contributed by atoms with Crippen LogP contribution in [0.2, 0.25) is 0 Å². The minimum Gasteiger partial charge on any atom is -0.465 e. The van der Waals surface area contributed by atoms with Gasteiger partial charge in [-0.3, -0.25) is 4.79 Å². The van der Waals surface area contributed by atoms with Crippen molar-refractivity contribution in [2.24, 2.45) is 11.8 Å². The molecule has 0 aliphatic rings. The summed E-state index contributed by atoms with van der Waals surface area (Å²) >= 11 is 0. The molecular formula is C10H18O2. The second-order valence-corrected chi connectivity index (χ2v) is 3.41. The number of hydrogen-bond acceptors (Lipinski definition) is 2. The van der Waals surface area contributed by atoms with Crippen molar-refractivity contribution in [1.82, 2.24) is 0 Å². The summed E-state index contributed by atoms with van der Waals surface area (Å²) in [6, 6.07) is 0. The molecule has 0 aromatic rings. The van der Waals surface area contributed by atoms with Gasteiger partial charge < -0.3 is 4.74 Å². The van der Waals surface area contributed by atoms with Crippen molar-refractivity contribution in [2.75, 3.05) is 6.61 Å². The Morgan fingerprint density at radius 3 is 2.50 bits per heavy atom. The highest BCUT2D eigenvalue weighted by molar-refractivity contribution is 5.71. The summed E-state index contributed by atoms with van der Waals surface area (Å²) in [5, 5.41) is 0. The minimum absolute atomic E-state index is 0.0269. The summed E-state index contributed by atoms with van der Waals surface area (Å²) in [7, 11) is 0. The molecule has 0 saturated carbocycles. The Hall–Kier alpha value is -0.790. The predicted molar refractivity (Wildman–Crippen MR) is 49.8 cm³/mol. The van der Waals surface area contributed by atoms with Crippen molar-refractivity contribution >= 4 is 5.97 Å². The van der Waals surface area contributed by atoms with Crippen molar-refractivity contribution in [2.45, 2.75) is 27.2 Å². The Morgan fingerprint density at radius 2 is 2.08 bits per heavy atom. The largest absolute Gasteiger partial charge is 0.465 e. The van der Waals surface area contributed by atoms with Crippen LogP contribution in [0, 0.1) is 11.8 Å². The van der Waals surface area contributed by atoms with Gasteiger partial charge in [0.2, 0.25) is 0 Å². The second kappa shape index (κ2) is 5.81. The molecule has 0 aromatic heterocycles. The molecule has 12 heavy (non-hydrogen) atoms. The van der Waals surface area contributed by atoms with Crippen LogP contribution in [0.5, 0.6) is 0 Å². The first-order valence-electron chi connectivity index (χ1n) is 4.35. The van der Waals surface area contributed by atoms with Gasteiger partial charge >= 0.3 is 5.97 Å². The van der Waals surface area contributed by atoms with E-state index in [1.165, 1.54) is 0 Å². The maximum atomic E-state index is 11.0. The van der Waals surface area contributed by atoms with Crippen LogP contribution < -0.4 is 0 Å². The lowest BCUT2D eigenvalue weighted by molar-refractivity contribution is -0.148. The highest BCUT2D eigenvalue weighted by Gasteiger charge is 2.09. The molecule has 2 heteroatoms. The van der Waals surface area contributed by atoms with Gasteiger partial charge in [0.25, 0.3) is 0 Å². The summed E-state index contributed by atoms with van der Waals surface area (Å²) in [5.74, 6) is 0.233. The van der Waals surface area contributed by atoms with E-state index in [-0.39, 0.29) is 11.9 Å². The van der Waals surface area contributed by atoms with Crippen molar-refractivity contribution in [3.63, 3.8) is 0 Å². The minimum atomic E-state index is -0.120. The lowest BCUT2D eigenvalue weighted by Crippen LogP contribution is -2.15. The average molecular weight is 170 g/mol. The van der Waals surface area contributed by atoms with E-state index in [0.29, 0.717) is 12.5 Å². The van der Waals surface area contributed by atoms with E-state index < -0.39 is 0 Å². The van der Waals surface area contributed by atoms with Gasteiger partial charge in [-0.1, -0.05) is 26.8 Å². The fourth-order valence-corrected chi connectivity index (χ4v) is 0.744. The van der Waals surface area contributed by atoms with Crippen LogP contribution in [-0.2, 0) is 9.53 Å². The van der Waals surface area contributed by atoms with E-state index in [0.717, 1.165) is 6.42 Å². The SMILES string of the molecule is C=CC[C@@H](C)COC(=O)C(C)C. The summed E-state index contributed by atoms with van der Waals surface area (Å²) in [4.78, 5) is 11.0. The van der Waals surface area contributed by atoms with Gasteiger partial charge in [-0.2, -0.15) is 0 Å². The summed E-state index contributed by atoms with van der Waals surface area (Å²) in [5.41, 5.74) is 0. The first-order valence-corrected chi connectivity index (χ1v) is 4.35. The van der Waals surface area contributed by atoms with Crippen LogP contribution in [-0.4, -0.2) is 12.6 Å². The van der Waals surface area contributed by atoms with E-state index in [4.69, 9.17) is 4.74 Å². The molecule has 0 amide bonds. The second-order valence-electron chi connectivity index (χ2n) is 3.41. The number of esters is 1. The van der Waals surface area contributed by atoms with E-state index in [9.17, 15) is 4.79 Å². The normalized spacial score (nSPS) is 12.7. The fraction of sp³-hybridized carbons (Fsp3) is 0.700. The van der Waals surface area contributed by atoms with Crippen LogP contribution in [0.4, 0.5) is 0 Å². The zero-order valence-electron chi connectivity index (χ0n) is 8.17. The van der Waals surface area contributed by atoms with Gasteiger partial charge in [-0.05, 0) is 12.3 Å². The molecule has 0 radical (unpaired) electrons. The molecule has 0 aliphatic heterocycles. The Bertz CT molecular complexity index is 150. The van der Waals surface area contributed by atoms with Gasteiger partial charge in [0.1, 0.15) is 0 Å². The molecule has 0 unspecified atom stereocenters. The fourth-order valence-electron chi connectivity index (χ4n) is 0.744. The van der Waals surface area contributed by atoms with Crippen molar-refractivity contribution in [3.8, 4) is 0 Å². The number of ether oxygens (including phenoxy) is 1. The molecule has 0 fully saturated rings. The quantitative estimate of drug-likeness (QED) is 0.468. The van der Waals surface area contributed by atoms with E-state index >= 15 is 0 Å². The first kappa shape index (κ1) is 11.2. The molecule has 2 nitrogen and oxygen atoms in total. The maximum absolute atomic E-state index is 11.0. The average Bonchev–Trinajstić information content (AvgIpc) is 2.00. The third-order valence-electron chi connectivity index (χ3n) is 1.55. The van der Waals surface area contributed by atoms with Crippen molar-refractivity contribution in [1.29, 1.82) is 0 Å². The van der Waals surface area contributed by atoms with Crippen LogP contribution in [0.3, 0.4) is 0 Å². The summed E-state index contributed by atoms with van der Waals surface area (Å²) in [6.45, 7) is 9.83. The van der Waals surface area contributed by atoms with Gasteiger partial charge in [-0.25, -0.2) is 0 Å². The van der Waals surface area contributed by atoms with Gasteiger partial charge in [-0.15, -0.1) is 6.58 Å². The Labute approximate surface area is 74.6 Å². The molecule has 1 atom stereocenters. The lowest BCUT2D eigenvalue weighted by atomic mass is 10.1. The number of carbonyl (C=O) groups is 1. The van der Waals surface area contributed by atoms with Gasteiger partial charge in [0.15, 0.2) is 0 Å². The highest BCUT2D eigenvalue weighted by Crippen LogP contribution is 2.04. The molecular weight excluding hydrogens is 152 g/mol. The lowest BCUT2D eigenvalue weighted by Gasteiger charge is -2.11. The summed E-state index contributed by atoms with van der Waals surface area (Å²) < 4.78 is 5.03. The molecule has 0 aliphatic carbocycles. The zero-order chi connectivity index (χ0) is 9.56. The van der Waals surface area contributed by atoms with Gasteiger partial charge in [0.05, 0.1) is 12.5 Å². The molecule has 0 N–H and O–H groups in total.